The van der Waals surface area contributed by atoms with Crippen LogP contribution in [0.25, 0.3) is 0 Å². The fourth-order valence-corrected chi connectivity index (χ4v) is 2.71. The summed E-state index contributed by atoms with van der Waals surface area (Å²) in [4.78, 5) is 9.95. The minimum atomic E-state index is -4.37. The Morgan fingerprint density at radius 3 is 2.35 bits per heavy atom. The van der Waals surface area contributed by atoms with Crippen molar-refractivity contribution in [3.8, 4) is 11.5 Å². The Hall–Kier alpha value is -2.21. The molecule has 7 nitrogen and oxygen atoms in total. The van der Waals surface area contributed by atoms with Crippen LogP contribution in [-0.2, 0) is 4.57 Å². The van der Waals surface area contributed by atoms with Crippen molar-refractivity contribution < 1.29 is 18.5 Å². The lowest BCUT2D eigenvalue weighted by Gasteiger charge is -2.17. The normalized spacial score (nSPS) is 13.1. The van der Waals surface area contributed by atoms with Crippen LogP contribution >= 0.6 is 7.82 Å². The van der Waals surface area contributed by atoms with Gasteiger partial charge in [-0.05, 0) is 37.2 Å². The van der Waals surface area contributed by atoms with Gasteiger partial charge in [0.25, 0.3) is 0 Å². The van der Waals surface area contributed by atoms with E-state index in [2.05, 4.69) is 5.32 Å². The van der Waals surface area contributed by atoms with Crippen LogP contribution in [-0.4, -0.2) is 18.0 Å². The monoisotopic (exact) mass is 337 g/mol. The van der Waals surface area contributed by atoms with Crippen LogP contribution in [0.3, 0.4) is 0 Å². The summed E-state index contributed by atoms with van der Waals surface area (Å²) in [6.07, 6.45) is 0.766. The molecule has 1 atom stereocenters. The maximum Gasteiger partial charge on any atom is 0.585 e. The molecule has 0 aliphatic carbocycles. The van der Waals surface area contributed by atoms with Gasteiger partial charge in [0.2, 0.25) is 0 Å². The molecule has 8 heteroatoms. The number of nitrogen functional groups attached to an aromatic ring is 1. The first kappa shape index (κ1) is 17.1. The standard InChI is InChI=1S/C15H20N3O4P/c16-10-5-11-18-13-7-2-4-9-15(13)22-23(19,20)21-14-8-3-1-6-12(14)17/h1-4,6-9,18H,5,10-11,16-17H2,(H,19,20). The molecule has 0 amide bonds. The third-order valence-corrected chi connectivity index (χ3v) is 3.78. The van der Waals surface area contributed by atoms with Gasteiger partial charge in [-0.1, -0.05) is 24.3 Å². The smallest absolute Gasteiger partial charge is 0.396 e. The number of nitrogens with one attached hydrogen (secondary N) is 1. The van der Waals surface area contributed by atoms with Gasteiger partial charge in [0, 0.05) is 6.54 Å². The summed E-state index contributed by atoms with van der Waals surface area (Å²) < 4.78 is 22.4. The lowest BCUT2D eigenvalue weighted by atomic mass is 10.3. The molecule has 2 rings (SSSR count). The molecule has 0 aromatic heterocycles. The molecular formula is C15H20N3O4P. The number of rotatable bonds is 8. The van der Waals surface area contributed by atoms with E-state index in [-0.39, 0.29) is 17.2 Å². The zero-order valence-corrected chi connectivity index (χ0v) is 13.4. The first-order chi connectivity index (χ1) is 11.0. The van der Waals surface area contributed by atoms with E-state index in [0.29, 0.717) is 18.8 Å². The van der Waals surface area contributed by atoms with Gasteiger partial charge in [-0.15, -0.1) is 0 Å². The van der Waals surface area contributed by atoms with Gasteiger partial charge in [0.05, 0.1) is 11.4 Å². The third-order valence-electron chi connectivity index (χ3n) is 2.93. The predicted octanol–water partition coefficient (Wildman–Crippen LogP) is 2.59. The number of nitrogens with two attached hydrogens (primary N) is 2. The van der Waals surface area contributed by atoms with Gasteiger partial charge in [-0.2, -0.15) is 0 Å². The van der Waals surface area contributed by atoms with Crippen molar-refractivity contribution in [3.63, 3.8) is 0 Å². The molecule has 0 saturated carbocycles. The second-order valence-corrected chi connectivity index (χ2v) is 6.06. The largest absolute Gasteiger partial charge is 0.585 e. The Kier molecular flexibility index (Phi) is 5.87. The molecule has 0 aliphatic rings. The van der Waals surface area contributed by atoms with E-state index in [1.165, 1.54) is 6.07 Å². The van der Waals surface area contributed by atoms with Gasteiger partial charge in [-0.25, -0.2) is 4.57 Å². The Labute approximate surface area is 134 Å². The third kappa shape index (κ3) is 5.17. The highest BCUT2D eigenvalue weighted by Gasteiger charge is 2.27. The number of para-hydroxylation sites is 4. The van der Waals surface area contributed by atoms with Crippen LogP contribution in [0.15, 0.2) is 48.5 Å². The molecule has 23 heavy (non-hydrogen) atoms. The highest BCUT2D eigenvalue weighted by Crippen LogP contribution is 2.47. The highest BCUT2D eigenvalue weighted by atomic mass is 31.2. The molecule has 6 N–H and O–H groups in total. The molecule has 0 fully saturated rings. The number of benzene rings is 2. The van der Waals surface area contributed by atoms with Gasteiger partial charge in [-0.3, -0.25) is 4.89 Å². The Morgan fingerprint density at radius 1 is 1.04 bits per heavy atom. The maximum absolute atomic E-state index is 12.2. The van der Waals surface area contributed by atoms with Crippen molar-refractivity contribution in [2.45, 2.75) is 6.42 Å². The summed E-state index contributed by atoms with van der Waals surface area (Å²) in [6, 6.07) is 13.2. The van der Waals surface area contributed by atoms with E-state index in [9.17, 15) is 9.46 Å². The van der Waals surface area contributed by atoms with Crippen LogP contribution in [0.5, 0.6) is 11.5 Å². The molecule has 0 spiro atoms. The first-order valence-corrected chi connectivity index (χ1v) is 8.61. The first-order valence-electron chi connectivity index (χ1n) is 7.11. The Bertz CT molecular complexity index is 696. The number of anilines is 2. The molecule has 0 aliphatic heterocycles. The average Bonchev–Trinajstić information content (AvgIpc) is 2.51. The van der Waals surface area contributed by atoms with Crippen LogP contribution in [0.2, 0.25) is 0 Å². The van der Waals surface area contributed by atoms with E-state index in [4.69, 9.17) is 20.5 Å². The quantitative estimate of drug-likeness (QED) is 0.332. The van der Waals surface area contributed by atoms with E-state index >= 15 is 0 Å². The van der Waals surface area contributed by atoms with E-state index < -0.39 is 7.82 Å². The maximum atomic E-state index is 12.2. The molecule has 0 saturated heterocycles. The minimum absolute atomic E-state index is 0.0897. The second-order valence-electron chi connectivity index (χ2n) is 4.75. The predicted molar refractivity (Wildman–Crippen MR) is 90.5 cm³/mol. The topological polar surface area (TPSA) is 120 Å². The average molecular weight is 337 g/mol. The second kappa shape index (κ2) is 7.87. The summed E-state index contributed by atoms with van der Waals surface area (Å²) in [5.74, 6) is 0.303. The molecule has 1 unspecified atom stereocenters. The summed E-state index contributed by atoms with van der Waals surface area (Å²) >= 11 is 0. The molecule has 2 aromatic carbocycles. The summed E-state index contributed by atoms with van der Waals surface area (Å²) in [5.41, 5.74) is 12.0. The van der Waals surface area contributed by atoms with Gasteiger partial charge >= 0.3 is 7.82 Å². The Morgan fingerprint density at radius 2 is 1.65 bits per heavy atom. The van der Waals surface area contributed by atoms with E-state index in [0.717, 1.165) is 6.42 Å². The lowest BCUT2D eigenvalue weighted by molar-refractivity contribution is 0.292. The number of phosphoric acid groups is 1. The van der Waals surface area contributed by atoms with Crippen molar-refractivity contribution in [2.24, 2.45) is 5.73 Å². The highest BCUT2D eigenvalue weighted by molar-refractivity contribution is 7.48. The SMILES string of the molecule is NCCCNc1ccccc1OP(=O)(O)Oc1ccccc1N. The van der Waals surface area contributed by atoms with Gasteiger partial charge in [0.1, 0.15) is 0 Å². The summed E-state index contributed by atoms with van der Waals surface area (Å²) in [5, 5.41) is 3.09. The fraction of sp³-hybridized carbons (Fsp3) is 0.200. The van der Waals surface area contributed by atoms with Gasteiger partial charge in [0.15, 0.2) is 11.5 Å². The Balaban J connectivity index is 2.11. The number of phosphoric ester groups is 1. The minimum Gasteiger partial charge on any atom is -0.396 e. The summed E-state index contributed by atoms with van der Waals surface area (Å²) in [7, 11) is -4.37. The molecule has 0 bridgehead atoms. The molecule has 2 aromatic rings. The number of hydrogen-bond acceptors (Lipinski definition) is 6. The van der Waals surface area contributed by atoms with E-state index in [1.54, 1.807) is 42.5 Å². The molecule has 0 heterocycles. The van der Waals surface area contributed by atoms with Crippen LogP contribution in [0.4, 0.5) is 11.4 Å². The van der Waals surface area contributed by atoms with Crippen molar-refractivity contribution in [1.82, 2.24) is 0 Å². The van der Waals surface area contributed by atoms with Crippen molar-refractivity contribution in [1.29, 1.82) is 0 Å². The van der Waals surface area contributed by atoms with Crippen molar-refractivity contribution in [2.75, 3.05) is 24.1 Å². The van der Waals surface area contributed by atoms with Crippen molar-refractivity contribution in [3.05, 3.63) is 48.5 Å². The van der Waals surface area contributed by atoms with Gasteiger partial charge < -0.3 is 25.8 Å². The molecule has 0 radical (unpaired) electrons. The zero-order valence-electron chi connectivity index (χ0n) is 12.5. The fourth-order valence-electron chi connectivity index (χ4n) is 1.85. The van der Waals surface area contributed by atoms with Crippen LogP contribution in [0, 0.1) is 0 Å². The number of hydrogen-bond donors (Lipinski definition) is 4. The van der Waals surface area contributed by atoms with Crippen molar-refractivity contribution >= 4 is 19.2 Å². The summed E-state index contributed by atoms with van der Waals surface area (Å²) in [6.45, 7) is 1.17. The van der Waals surface area contributed by atoms with E-state index in [1.807, 2.05) is 0 Å². The van der Waals surface area contributed by atoms with Crippen LogP contribution in [0.1, 0.15) is 6.42 Å². The molecular weight excluding hydrogens is 317 g/mol. The lowest BCUT2D eigenvalue weighted by Crippen LogP contribution is -2.09. The molecule has 124 valence electrons. The zero-order chi connectivity index (χ0) is 16.7. The van der Waals surface area contributed by atoms with Crippen LogP contribution < -0.4 is 25.8 Å².